The number of rotatable bonds is 10. The van der Waals surface area contributed by atoms with Gasteiger partial charge in [-0.15, -0.1) is 0 Å². The summed E-state index contributed by atoms with van der Waals surface area (Å²) >= 11 is 0. The van der Waals surface area contributed by atoms with E-state index in [9.17, 15) is 13.9 Å². The third-order valence-electron chi connectivity index (χ3n) is 7.99. The predicted octanol–water partition coefficient (Wildman–Crippen LogP) is 6.38. The summed E-state index contributed by atoms with van der Waals surface area (Å²) in [4.78, 5) is 0. The summed E-state index contributed by atoms with van der Waals surface area (Å²) in [6, 6.07) is 26.3. The lowest BCUT2D eigenvalue weighted by Crippen LogP contribution is -2.35. The predicted molar refractivity (Wildman–Crippen MR) is 156 cm³/mol. The molecule has 1 aliphatic rings. The van der Waals surface area contributed by atoms with Gasteiger partial charge in [0.25, 0.3) is 0 Å². The Morgan fingerprint density at radius 1 is 0.725 bits per heavy atom. The van der Waals surface area contributed by atoms with Gasteiger partial charge in [-0.3, -0.25) is 0 Å². The first-order chi connectivity index (χ1) is 19.5. The molecule has 0 radical (unpaired) electrons. The molecule has 2 N–H and O–H groups in total. The van der Waals surface area contributed by atoms with E-state index < -0.39 is 6.10 Å². The van der Waals surface area contributed by atoms with Gasteiger partial charge in [-0.05, 0) is 61.4 Å². The van der Waals surface area contributed by atoms with Gasteiger partial charge < -0.3 is 24.3 Å². The van der Waals surface area contributed by atoms with Gasteiger partial charge in [0.05, 0.1) is 31.9 Å². The molecule has 2 aromatic heterocycles. The number of aromatic nitrogens is 2. The number of aliphatic hydroxyl groups is 1. The Hall–Kier alpha value is -3.78. The van der Waals surface area contributed by atoms with Crippen LogP contribution in [0.1, 0.15) is 12.8 Å². The number of hydrogen-bond donors (Lipinski definition) is 2. The second kappa shape index (κ2) is 10.3. The monoisotopic (exact) mass is 539 g/mol. The van der Waals surface area contributed by atoms with Gasteiger partial charge in [-0.1, -0.05) is 36.4 Å². The largest absolute Gasteiger partial charge is 0.389 e. The fourth-order valence-corrected chi connectivity index (χ4v) is 5.91. The fraction of sp³-hybridized carbons (Fsp3) is 0.273. The molecule has 2 heterocycles. The van der Waals surface area contributed by atoms with E-state index in [4.69, 9.17) is 4.74 Å². The molecule has 0 spiro atoms. The van der Waals surface area contributed by atoms with Crippen LogP contribution >= 0.6 is 0 Å². The number of nitrogens with zero attached hydrogens (tertiary/aromatic N) is 2. The minimum atomic E-state index is -0.636. The fourth-order valence-electron chi connectivity index (χ4n) is 5.91. The highest BCUT2D eigenvalue weighted by Crippen LogP contribution is 2.32. The number of benzene rings is 4. The smallest absolute Gasteiger partial charge is 0.123 e. The molecular formula is C33H31F2N3O2. The molecule has 7 heteroatoms. The van der Waals surface area contributed by atoms with Crippen molar-refractivity contribution in [2.24, 2.45) is 0 Å². The first kappa shape index (κ1) is 25.2. The van der Waals surface area contributed by atoms with Crippen LogP contribution in [0, 0.1) is 11.6 Å². The number of ether oxygens (including phenoxy) is 1. The first-order valence-electron chi connectivity index (χ1n) is 13.9. The third-order valence-corrected chi connectivity index (χ3v) is 7.99. The summed E-state index contributed by atoms with van der Waals surface area (Å²) in [5, 5.41) is 17.7. The van der Waals surface area contributed by atoms with Crippen LogP contribution in [0.15, 0.2) is 84.9 Å². The SMILES string of the molecule is OC(CNC1CC1)COC(Cn1c2ccccc2c2cc(F)ccc21)Cn1c2ccccc2c2cc(F)ccc21. The zero-order valence-electron chi connectivity index (χ0n) is 22.1. The molecule has 5 nitrogen and oxygen atoms in total. The van der Waals surface area contributed by atoms with Crippen molar-refractivity contribution in [2.75, 3.05) is 13.2 Å². The topological polar surface area (TPSA) is 51.3 Å². The summed E-state index contributed by atoms with van der Waals surface area (Å²) in [7, 11) is 0. The summed E-state index contributed by atoms with van der Waals surface area (Å²) in [6.07, 6.45) is 1.34. The van der Waals surface area contributed by atoms with E-state index in [1.165, 1.54) is 12.1 Å². The summed E-state index contributed by atoms with van der Waals surface area (Å²) in [5.74, 6) is -0.543. The zero-order chi connectivity index (χ0) is 27.2. The standard InChI is InChI=1S/C33H31F2N3O2/c34-21-9-13-32-28(15-21)26-5-1-3-7-30(26)37(32)18-25(40-20-24(39)17-36-23-11-12-23)19-38-31-8-4-2-6-27(31)29-16-22(35)10-14-33(29)38/h1-10,13-16,23-25,36,39H,11-12,17-20H2. The molecule has 7 rings (SSSR count). The Morgan fingerprint density at radius 3 is 1.75 bits per heavy atom. The van der Waals surface area contributed by atoms with Gasteiger partial charge in [0.1, 0.15) is 11.6 Å². The van der Waals surface area contributed by atoms with Crippen molar-refractivity contribution in [2.45, 2.75) is 44.2 Å². The average Bonchev–Trinajstić information content (AvgIpc) is 3.70. The van der Waals surface area contributed by atoms with E-state index in [0.717, 1.165) is 56.5 Å². The Morgan fingerprint density at radius 2 is 1.23 bits per heavy atom. The van der Waals surface area contributed by atoms with Crippen molar-refractivity contribution >= 4 is 43.6 Å². The molecular weight excluding hydrogens is 508 g/mol. The van der Waals surface area contributed by atoms with Crippen LogP contribution in [0.2, 0.25) is 0 Å². The molecule has 0 aliphatic heterocycles. The van der Waals surface area contributed by atoms with Gasteiger partial charge in [0, 0.05) is 56.2 Å². The molecule has 1 atom stereocenters. The maximum absolute atomic E-state index is 14.3. The zero-order valence-corrected chi connectivity index (χ0v) is 22.1. The van der Waals surface area contributed by atoms with Crippen LogP contribution in [-0.4, -0.2) is 45.6 Å². The van der Waals surface area contributed by atoms with Gasteiger partial charge >= 0.3 is 0 Å². The van der Waals surface area contributed by atoms with Crippen LogP contribution in [-0.2, 0) is 17.8 Å². The van der Waals surface area contributed by atoms with Gasteiger partial charge in [-0.2, -0.15) is 0 Å². The molecule has 4 aromatic carbocycles. The van der Waals surface area contributed by atoms with Crippen LogP contribution in [0.25, 0.3) is 43.6 Å². The minimum Gasteiger partial charge on any atom is -0.389 e. The highest BCUT2D eigenvalue weighted by atomic mass is 19.1. The number of nitrogens with one attached hydrogen (secondary N) is 1. The van der Waals surface area contributed by atoms with E-state index in [0.29, 0.717) is 25.7 Å². The number of para-hydroxylation sites is 2. The lowest BCUT2D eigenvalue weighted by molar-refractivity contribution is -0.0207. The molecule has 1 aliphatic carbocycles. The number of halogens is 2. The van der Waals surface area contributed by atoms with Crippen molar-refractivity contribution in [3.05, 3.63) is 96.6 Å². The Balaban J connectivity index is 1.28. The molecule has 1 fully saturated rings. The van der Waals surface area contributed by atoms with Gasteiger partial charge in [-0.25, -0.2) is 8.78 Å². The van der Waals surface area contributed by atoms with Crippen molar-refractivity contribution in [1.29, 1.82) is 0 Å². The Kier molecular flexibility index (Phi) is 6.50. The van der Waals surface area contributed by atoms with E-state index in [-0.39, 0.29) is 24.3 Å². The maximum Gasteiger partial charge on any atom is 0.123 e. The van der Waals surface area contributed by atoms with E-state index >= 15 is 0 Å². The molecule has 0 bridgehead atoms. The summed E-state index contributed by atoms with van der Waals surface area (Å²) < 4.78 is 39.3. The molecule has 40 heavy (non-hydrogen) atoms. The second-order valence-corrected chi connectivity index (χ2v) is 10.9. The number of hydrogen-bond acceptors (Lipinski definition) is 3. The van der Waals surface area contributed by atoms with Crippen molar-refractivity contribution in [1.82, 2.24) is 14.5 Å². The van der Waals surface area contributed by atoms with E-state index in [1.807, 2.05) is 60.7 Å². The lowest BCUT2D eigenvalue weighted by atomic mass is 10.1. The molecule has 0 amide bonds. The lowest BCUT2D eigenvalue weighted by Gasteiger charge is -2.23. The molecule has 6 aromatic rings. The van der Waals surface area contributed by atoms with Crippen molar-refractivity contribution in [3.63, 3.8) is 0 Å². The quantitative estimate of drug-likeness (QED) is 0.212. The average molecular weight is 540 g/mol. The third kappa shape index (κ3) is 4.74. The van der Waals surface area contributed by atoms with Crippen LogP contribution in [0.3, 0.4) is 0 Å². The van der Waals surface area contributed by atoms with Gasteiger partial charge in [0.15, 0.2) is 0 Å². The Labute approximate surface area is 230 Å². The van der Waals surface area contributed by atoms with Crippen molar-refractivity contribution < 1.29 is 18.6 Å². The molecule has 1 saturated carbocycles. The Bertz CT molecular complexity index is 1720. The highest BCUT2D eigenvalue weighted by Gasteiger charge is 2.23. The van der Waals surface area contributed by atoms with Gasteiger partial charge in [0.2, 0.25) is 0 Å². The van der Waals surface area contributed by atoms with Crippen molar-refractivity contribution in [3.8, 4) is 0 Å². The normalized spacial score (nSPS) is 14.8. The van der Waals surface area contributed by atoms with E-state index in [1.54, 1.807) is 12.1 Å². The summed E-state index contributed by atoms with van der Waals surface area (Å²) in [5.41, 5.74) is 3.85. The number of aliphatic hydroxyl groups excluding tert-OH is 1. The first-order valence-corrected chi connectivity index (χ1v) is 13.9. The molecule has 204 valence electrons. The minimum absolute atomic E-state index is 0.182. The maximum atomic E-state index is 14.3. The highest BCUT2D eigenvalue weighted by molar-refractivity contribution is 6.09. The number of fused-ring (bicyclic) bond motifs is 6. The molecule has 1 unspecified atom stereocenters. The van der Waals surface area contributed by atoms with Crippen LogP contribution < -0.4 is 5.32 Å². The second-order valence-electron chi connectivity index (χ2n) is 10.9. The van der Waals surface area contributed by atoms with Crippen LogP contribution in [0.5, 0.6) is 0 Å². The summed E-state index contributed by atoms with van der Waals surface area (Å²) in [6.45, 7) is 1.66. The molecule has 0 saturated heterocycles. The van der Waals surface area contributed by atoms with Crippen LogP contribution in [0.4, 0.5) is 8.78 Å². The van der Waals surface area contributed by atoms with E-state index in [2.05, 4.69) is 14.5 Å².